The van der Waals surface area contributed by atoms with Gasteiger partial charge in [0.25, 0.3) is 0 Å². The number of anilines is 2. The van der Waals surface area contributed by atoms with Crippen LogP contribution in [0.3, 0.4) is 0 Å². The second kappa shape index (κ2) is 4.51. The maximum atomic E-state index is 4.36. The fourth-order valence-corrected chi connectivity index (χ4v) is 2.09. The third-order valence-electron chi connectivity index (χ3n) is 2.98. The van der Waals surface area contributed by atoms with Crippen LogP contribution in [-0.2, 0) is 0 Å². The summed E-state index contributed by atoms with van der Waals surface area (Å²) in [5.74, 6) is 1.72. The van der Waals surface area contributed by atoms with Crippen LogP contribution in [-0.4, -0.2) is 18.1 Å². The lowest BCUT2D eigenvalue weighted by Gasteiger charge is -2.12. The molecule has 0 amide bonds. The quantitative estimate of drug-likeness (QED) is 0.779. The minimum absolute atomic E-state index is 0.712. The standard InChI is InChI=1S/C12H19N3/c1-3-4-10-7-14-11-9(2)5-6-13-12(11)15-8-10/h5-6,10,14H,3-4,7-8H2,1-2H3,(H,13,15). The van der Waals surface area contributed by atoms with Crippen LogP contribution in [0, 0.1) is 12.8 Å². The van der Waals surface area contributed by atoms with E-state index in [9.17, 15) is 0 Å². The summed E-state index contributed by atoms with van der Waals surface area (Å²) in [7, 11) is 0. The predicted molar refractivity (Wildman–Crippen MR) is 64.4 cm³/mol. The maximum absolute atomic E-state index is 4.36. The SMILES string of the molecule is CCCC1CNc2nccc(C)c2NC1. The van der Waals surface area contributed by atoms with Crippen molar-refractivity contribution in [1.29, 1.82) is 0 Å². The van der Waals surface area contributed by atoms with E-state index in [4.69, 9.17) is 0 Å². The Balaban J connectivity index is 2.14. The van der Waals surface area contributed by atoms with E-state index in [2.05, 4.69) is 29.5 Å². The number of aryl methyl sites for hydroxylation is 1. The van der Waals surface area contributed by atoms with Crippen molar-refractivity contribution >= 4 is 11.5 Å². The van der Waals surface area contributed by atoms with Gasteiger partial charge in [0.15, 0.2) is 0 Å². The van der Waals surface area contributed by atoms with Crippen molar-refractivity contribution < 1.29 is 0 Å². The third-order valence-corrected chi connectivity index (χ3v) is 2.98. The Morgan fingerprint density at radius 2 is 2.20 bits per heavy atom. The van der Waals surface area contributed by atoms with Crippen LogP contribution in [0.1, 0.15) is 25.3 Å². The topological polar surface area (TPSA) is 37.0 Å². The van der Waals surface area contributed by atoms with Gasteiger partial charge in [-0.05, 0) is 30.9 Å². The molecule has 2 rings (SSSR count). The van der Waals surface area contributed by atoms with Crippen molar-refractivity contribution in [3.63, 3.8) is 0 Å². The Morgan fingerprint density at radius 3 is 3.00 bits per heavy atom. The van der Waals surface area contributed by atoms with Gasteiger partial charge >= 0.3 is 0 Å². The summed E-state index contributed by atoms with van der Waals surface area (Å²) < 4.78 is 0. The van der Waals surface area contributed by atoms with Crippen molar-refractivity contribution in [2.24, 2.45) is 5.92 Å². The lowest BCUT2D eigenvalue weighted by molar-refractivity contribution is 0.531. The van der Waals surface area contributed by atoms with E-state index in [0.29, 0.717) is 5.92 Å². The zero-order valence-electron chi connectivity index (χ0n) is 9.51. The predicted octanol–water partition coefficient (Wildman–Crippen LogP) is 2.64. The van der Waals surface area contributed by atoms with E-state index in [1.54, 1.807) is 0 Å². The zero-order chi connectivity index (χ0) is 10.7. The van der Waals surface area contributed by atoms with Crippen molar-refractivity contribution in [2.75, 3.05) is 23.7 Å². The largest absolute Gasteiger partial charge is 0.382 e. The van der Waals surface area contributed by atoms with Crippen molar-refractivity contribution in [1.82, 2.24) is 4.98 Å². The summed E-state index contributed by atoms with van der Waals surface area (Å²) in [5, 5.41) is 6.93. The summed E-state index contributed by atoms with van der Waals surface area (Å²) in [6.45, 7) is 6.45. The zero-order valence-corrected chi connectivity index (χ0v) is 9.51. The monoisotopic (exact) mass is 205 g/mol. The molecule has 15 heavy (non-hydrogen) atoms. The highest BCUT2D eigenvalue weighted by molar-refractivity contribution is 5.68. The lowest BCUT2D eigenvalue weighted by atomic mass is 10.0. The van der Waals surface area contributed by atoms with Crippen LogP contribution in [0.4, 0.5) is 11.5 Å². The molecule has 0 fully saturated rings. The number of nitrogens with zero attached hydrogens (tertiary/aromatic N) is 1. The first kappa shape index (κ1) is 10.3. The second-order valence-electron chi connectivity index (χ2n) is 4.27. The molecule has 2 N–H and O–H groups in total. The first-order valence-corrected chi connectivity index (χ1v) is 5.74. The molecule has 1 unspecified atom stereocenters. The Hall–Kier alpha value is -1.25. The van der Waals surface area contributed by atoms with E-state index in [1.165, 1.54) is 24.1 Å². The summed E-state index contributed by atoms with van der Waals surface area (Å²) in [6, 6.07) is 2.05. The molecule has 2 heterocycles. The number of rotatable bonds is 2. The molecular weight excluding hydrogens is 186 g/mol. The number of pyridine rings is 1. The van der Waals surface area contributed by atoms with Crippen molar-refractivity contribution in [2.45, 2.75) is 26.7 Å². The molecule has 1 aromatic rings. The molecular formula is C12H19N3. The van der Waals surface area contributed by atoms with Gasteiger partial charge in [-0.2, -0.15) is 0 Å². The van der Waals surface area contributed by atoms with E-state index in [0.717, 1.165) is 18.9 Å². The molecule has 82 valence electrons. The smallest absolute Gasteiger partial charge is 0.149 e. The Bertz CT molecular complexity index is 336. The Morgan fingerprint density at radius 1 is 1.40 bits per heavy atom. The lowest BCUT2D eigenvalue weighted by Crippen LogP contribution is -2.18. The normalized spacial score (nSPS) is 19.7. The fourth-order valence-electron chi connectivity index (χ4n) is 2.09. The number of nitrogens with one attached hydrogen (secondary N) is 2. The Labute approximate surface area is 91.3 Å². The molecule has 0 aliphatic carbocycles. The second-order valence-corrected chi connectivity index (χ2v) is 4.27. The van der Waals surface area contributed by atoms with E-state index >= 15 is 0 Å². The molecule has 1 aliphatic heterocycles. The summed E-state index contributed by atoms with van der Waals surface area (Å²) in [5.41, 5.74) is 2.45. The van der Waals surface area contributed by atoms with Gasteiger partial charge < -0.3 is 10.6 Å². The highest BCUT2D eigenvalue weighted by Crippen LogP contribution is 2.26. The maximum Gasteiger partial charge on any atom is 0.149 e. The number of fused-ring (bicyclic) bond motifs is 1. The van der Waals surface area contributed by atoms with Crippen LogP contribution in [0.15, 0.2) is 12.3 Å². The highest BCUT2D eigenvalue weighted by atomic mass is 15.1. The molecule has 3 heteroatoms. The van der Waals surface area contributed by atoms with Crippen LogP contribution in [0.2, 0.25) is 0 Å². The molecule has 0 spiro atoms. The first-order chi connectivity index (χ1) is 7.31. The number of hydrogen-bond acceptors (Lipinski definition) is 3. The summed E-state index contributed by atoms with van der Waals surface area (Å²) in [4.78, 5) is 4.36. The molecule has 0 saturated heterocycles. The highest BCUT2D eigenvalue weighted by Gasteiger charge is 2.16. The van der Waals surface area contributed by atoms with Gasteiger partial charge in [-0.1, -0.05) is 13.3 Å². The molecule has 0 saturated carbocycles. The van der Waals surface area contributed by atoms with Gasteiger partial charge in [0.1, 0.15) is 5.82 Å². The van der Waals surface area contributed by atoms with E-state index in [-0.39, 0.29) is 0 Å². The fraction of sp³-hybridized carbons (Fsp3) is 0.583. The molecule has 1 aliphatic rings. The summed E-state index contributed by atoms with van der Waals surface area (Å²) >= 11 is 0. The minimum atomic E-state index is 0.712. The Kier molecular flexibility index (Phi) is 3.09. The van der Waals surface area contributed by atoms with Crippen LogP contribution < -0.4 is 10.6 Å². The van der Waals surface area contributed by atoms with Gasteiger partial charge in [-0.25, -0.2) is 4.98 Å². The third kappa shape index (κ3) is 2.22. The average molecular weight is 205 g/mol. The first-order valence-electron chi connectivity index (χ1n) is 5.74. The van der Waals surface area contributed by atoms with Gasteiger partial charge in [-0.3, -0.25) is 0 Å². The van der Waals surface area contributed by atoms with E-state index in [1.807, 2.05) is 12.3 Å². The molecule has 1 aromatic heterocycles. The van der Waals surface area contributed by atoms with Crippen LogP contribution in [0.25, 0.3) is 0 Å². The van der Waals surface area contributed by atoms with Crippen LogP contribution in [0.5, 0.6) is 0 Å². The van der Waals surface area contributed by atoms with Gasteiger partial charge in [-0.15, -0.1) is 0 Å². The van der Waals surface area contributed by atoms with Gasteiger partial charge in [0.05, 0.1) is 5.69 Å². The van der Waals surface area contributed by atoms with Gasteiger partial charge in [0, 0.05) is 19.3 Å². The van der Waals surface area contributed by atoms with Crippen molar-refractivity contribution in [3.05, 3.63) is 17.8 Å². The molecule has 0 aromatic carbocycles. The minimum Gasteiger partial charge on any atom is -0.382 e. The number of hydrogen-bond donors (Lipinski definition) is 2. The summed E-state index contributed by atoms with van der Waals surface area (Å²) in [6.07, 6.45) is 4.38. The average Bonchev–Trinajstić information content (AvgIpc) is 2.43. The van der Waals surface area contributed by atoms with Crippen LogP contribution >= 0.6 is 0 Å². The molecule has 3 nitrogen and oxygen atoms in total. The molecule has 0 radical (unpaired) electrons. The van der Waals surface area contributed by atoms with E-state index < -0.39 is 0 Å². The van der Waals surface area contributed by atoms with Gasteiger partial charge in [0.2, 0.25) is 0 Å². The number of aromatic nitrogens is 1. The van der Waals surface area contributed by atoms with Crippen molar-refractivity contribution in [3.8, 4) is 0 Å². The molecule has 0 bridgehead atoms. The molecule has 1 atom stereocenters.